The second-order valence-corrected chi connectivity index (χ2v) is 11.6. The van der Waals surface area contributed by atoms with Gasteiger partial charge in [-0.05, 0) is 49.1 Å². The van der Waals surface area contributed by atoms with Crippen LogP contribution in [0.1, 0.15) is 63.4 Å². The first-order valence-corrected chi connectivity index (χ1v) is 14.7. The number of benzene rings is 2. The summed E-state index contributed by atoms with van der Waals surface area (Å²) in [6.07, 6.45) is 14.1. The Morgan fingerprint density at radius 3 is 2.24 bits per heavy atom. The molecule has 0 spiro atoms. The van der Waals surface area contributed by atoms with Crippen LogP contribution in [0.3, 0.4) is 0 Å². The lowest BCUT2D eigenvalue weighted by atomic mass is 10.1. The molecule has 2 aromatic carbocycles. The highest BCUT2D eigenvalue weighted by Crippen LogP contribution is 2.22. The number of aromatic nitrogens is 2. The van der Waals surface area contributed by atoms with Gasteiger partial charge in [-0.1, -0.05) is 62.4 Å². The normalized spacial score (nSPS) is 11.6. The molecule has 1 aromatic heterocycles. The Hall–Kier alpha value is -3.17. The molecule has 8 nitrogen and oxygen atoms in total. The first-order valence-electron chi connectivity index (χ1n) is 13.3. The van der Waals surface area contributed by atoms with E-state index < -0.39 is 10.2 Å². The van der Waals surface area contributed by atoms with Gasteiger partial charge in [0.2, 0.25) is 0 Å². The first-order chi connectivity index (χ1) is 18.3. The van der Waals surface area contributed by atoms with Crippen LogP contribution in [0.25, 0.3) is 0 Å². The minimum atomic E-state index is -3.44. The summed E-state index contributed by atoms with van der Waals surface area (Å²) in [5, 5.41) is 0. The molecule has 1 heterocycles. The molecule has 0 aliphatic rings. The van der Waals surface area contributed by atoms with Crippen molar-refractivity contribution in [2.24, 2.45) is 0 Å². The fourth-order valence-corrected chi connectivity index (χ4v) is 4.84. The van der Waals surface area contributed by atoms with Gasteiger partial charge in [0, 0.05) is 20.5 Å². The number of hydrogen-bond donors (Lipinski definition) is 0. The average Bonchev–Trinajstić information content (AvgIpc) is 3.39. The number of carbonyl (C=O) groups is 1. The molecule has 0 aliphatic heterocycles. The van der Waals surface area contributed by atoms with Gasteiger partial charge in [-0.15, -0.1) is 3.97 Å². The fraction of sp³-hybridized carbons (Fsp3) is 0.448. The van der Waals surface area contributed by atoms with Gasteiger partial charge in [0.25, 0.3) is 6.33 Å². The Labute approximate surface area is 227 Å². The standard InChI is InChI=1S/C29H40N3O5S/c1-30(2)38(34,35)32-22-21-31(25-32)20-13-8-6-4-3-5-7-12-19-29(33)36-24-26-15-14-18-28(23-26)37-27-16-10-9-11-17-27/h9-11,14-18,21-23,25H,3-8,12-13,19-20,24H2,1-2H3/q+1. The average molecular weight is 543 g/mol. The lowest BCUT2D eigenvalue weighted by Gasteiger charge is -2.08. The molecular weight excluding hydrogens is 502 g/mol. The highest BCUT2D eigenvalue weighted by Gasteiger charge is 2.22. The highest BCUT2D eigenvalue weighted by molar-refractivity contribution is 7.87. The van der Waals surface area contributed by atoms with Crippen molar-refractivity contribution in [2.75, 3.05) is 14.1 Å². The number of aryl methyl sites for hydroxylation is 1. The number of carbonyl (C=O) groups excluding carboxylic acids is 1. The van der Waals surface area contributed by atoms with Gasteiger partial charge in [-0.2, -0.15) is 12.7 Å². The van der Waals surface area contributed by atoms with Gasteiger partial charge in [0.1, 0.15) is 30.5 Å². The van der Waals surface area contributed by atoms with Crippen LogP contribution in [0.4, 0.5) is 0 Å². The number of rotatable bonds is 17. The van der Waals surface area contributed by atoms with Crippen molar-refractivity contribution in [3.8, 4) is 11.5 Å². The van der Waals surface area contributed by atoms with E-state index in [0.29, 0.717) is 6.42 Å². The number of esters is 1. The van der Waals surface area contributed by atoms with E-state index in [-0.39, 0.29) is 12.6 Å². The number of imidazole rings is 1. The summed E-state index contributed by atoms with van der Waals surface area (Å²) in [7, 11) is -0.397. The van der Waals surface area contributed by atoms with Crippen molar-refractivity contribution >= 4 is 16.2 Å². The van der Waals surface area contributed by atoms with Gasteiger partial charge in [0.15, 0.2) is 0 Å². The smallest absolute Gasteiger partial charge is 0.379 e. The predicted octanol–water partition coefficient (Wildman–Crippen LogP) is 5.48. The van der Waals surface area contributed by atoms with Gasteiger partial charge in [-0.3, -0.25) is 4.79 Å². The molecule has 38 heavy (non-hydrogen) atoms. The van der Waals surface area contributed by atoms with Crippen LogP contribution >= 0.6 is 0 Å². The second kappa shape index (κ2) is 15.3. The summed E-state index contributed by atoms with van der Waals surface area (Å²) < 4.78 is 39.8. The number of unbranched alkanes of at least 4 members (excludes halogenated alkanes) is 7. The third kappa shape index (κ3) is 9.95. The lowest BCUT2D eigenvalue weighted by Crippen LogP contribution is -2.33. The Bertz CT molecular complexity index is 1230. The van der Waals surface area contributed by atoms with Crippen molar-refractivity contribution in [1.82, 2.24) is 8.28 Å². The quantitative estimate of drug-likeness (QED) is 0.128. The largest absolute Gasteiger partial charge is 0.461 e. The maximum Gasteiger partial charge on any atom is 0.379 e. The van der Waals surface area contributed by atoms with Gasteiger partial charge < -0.3 is 9.47 Å². The Kier molecular flexibility index (Phi) is 11.8. The zero-order chi connectivity index (χ0) is 27.2. The Morgan fingerprint density at radius 1 is 0.868 bits per heavy atom. The third-order valence-corrected chi connectivity index (χ3v) is 7.89. The summed E-state index contributed by atoms with van der Waals surface area (Å²) in [5.41, 5.74) is 0.904. The predicted molar refractivity (Wildman–Crippen MR) is 147 cm³/mol. The molecule has 0 N–H and O–H groups in total. The number of ether oxygens (including phenoxy) is 2. The summed E-state index contributed by atoms with van der Waals surface area (Å²) in [6, 6.07) is 17.2. The van der Waals surface area contributed by atoms with E-state index >= 15 is 0 Å². The van der Waals surface area contributed by atoms with Crippen LogP contribution in [-0.2, 0) is 32.9 Å². The molecule has 3 aromatic rings. The fourth-order valence-electron chi connectivity index (χ4n) is 4.02. The maximum atomic E-state index is 12.1. The summed E-state index contributed by atoms with van der Waals surface area (Å²) in [6.45, 7) is 1.06. The molecule has 3 rings (SSSR count). The van der Waals surface area contributed by atoms with Crippen molar-refractivity contribution in [3.63, 3.8) is 0 Å². The summed E-state index contributed by atoms with van der Waals surface area (Å²) in [5.74, 6) is 1.33. The molecule has 206 valence electrons. The van der Waals surface area contributed by atoms with Crippen molar-refractivity contribution in [3.05, 3.63) is 78.9 Å². The minimum absolute atomic E-state index is 0.163. The molecule has 0 bridgehead atoms. The van der Waals surface area contributed by atoms with E-state index in [1.807, 2.05) is 59.2 Å². The Balaban J connectivity index is 1.19. The van der Waals surface area contributed by atoms with E-state index in [1.54, 1.807) is 18.7 Å². The van der Waals surface area contributed by atoms with Crippen LogP contribution in [0.15, 0.2) is 73.3 Å². The van der Waals surface area contributed by atoms with Gasteiger partial charge >= 0.3 is 16.2 Å². The van der Waals surface area contributed by atoms with E-state index in [9.17, 15) is 13.2 Å². The lowest BCUT2D eigenvalue weighted by molar-refractivity contribution is -0.696. The maximum absolute atomic E-state index is 12.1. The second-order valence-electron chi connectivity index (χ2n) is 9.57. The monoisotopic (exact) mass is 542 g/mol. The van der Waals surface area contributed by atoms with E-state index in [0.717, 1.165) is 68.6 Å². The van der Waals surface area contributed by atoms with Crippen LogP contribution in [-0.4, -0.2) is 36.8 Å². The first kappa shape index (κ1) is 29.4. The van der Waals surface area contributed by atoms with Crippen molar-refractivity contribution in [2.45, 2.75) is 70.9 Å². The molecule has 0 radical (unpaired) electrons. The highest BCUT2D eigenvalue weighted by atomic mass is 32.2. The SMILES string of the molecule is CN(C)S(=O)(=O)n1cc[n+](CCCCCCCCCCC(=O)OCc2cccc(Oc3ccccc3)c2)c1. The molecule has 0 aliphatic carbocycles. The molecule has 0 saturated carbocycles. The van der Waals surface area contributed by atoms with Gasteiger partial charge in [0.05, 0.1) is 6.54 Å². The van der Waals surface area contributed by atoms with E-state index in [4.69, 9.17) is 9.47 Å². The molecule has 0 fully saturated rings. The molecule has 9 heteroatoms. The van der Waals surface area contributed by atoms with Gasteiger partial charge in [-0.25, -0.2) is 4.57 Å². The molecule has 0 saturated heterocycles. The van der Waals surface area contributed by atoms with E-state index in [2.05, 4.69) is 0 Å². The van der Waals surface area contributed by atoms with Crippen molar-refractivity contribution < 1.29 is 27.3 Å². The topological polar surface area (TPSA) is 81.7 Å². The molecule has 0 amide bonds. The van der Waals surface area contributed by atoms with E-state index in [1.165, 1.54) is 28.8 Å². The van der Waals surface area contributed by atoms with Crippen LogP contribution in [0.2, 0.25) is 0 Å². The number of hydrogen-bond acceptors (Lipinski definition) is 5. The zero-order valence-electron chi connectivity index (χ0n) is 22.5. The van der Waals surface area contributed by atoms with Crippen LogP contribution in [0.5, 0.6) is 11.5 Å². The zero-order valence-corrected chi connectivity index (χ0v) is 23.3. The Morgan fingerprint density at radius 2 is 1.53 bits per heavy atom. The summed E-state index contributed by atoms with van der Waals surface area (Å²) in [4.78, 5) is 12.1. The van der Waals surface area contributed by atoms with Crippen LogP contribution in [0, 0.1) is 0 Å². The molecule has 0 unspecified atom stereocenters. The third-order valence-electron chi connectivity index (χ3n) is 6.22. The molecular formula is C29H40N3O5S+. The minimum Gasteiger partial charge on any atom is -0.461 e. The summed E-state index contributed by atoms with van der Waals surface area (Å²) >= 11 is 0. The van der Waals surface area contributed by atoms with Crippen LogP contribution < -0.4 is 9.30 Å². The number of para-hydroxylation sites is 1. The number of nitrogens with zero attached hydrogens (tertiary/aromatic N) is 3. The van der Waals surface area contributed by atoms with Crippen molar-refractivity contribution in [1.29, 1.82) is 0 Å². The molecule has 0 atom stereocenters.